The van der Waals surface area contributed by atoms with Crippen LogP contribution in [0.5, 0.6) is 0 Å². The molecule has 9 atom stereocenters. The van der Waals surface area contributed by atoms with Gasteiger partial charge in [-0.2, -0.15) is 0 Å². The molecule has 4 fully saturated rings. The zero-order valence-corrected chi connectivity index (χ0v) is 15.7. The van der Waals surface area contributed by atoms with Gasteiger partial charge in [-0.25, -0.2) is 4.79 Å². The van der Waals surface area contributed by atoms with Gasteiger partial charge < -0.3 is 15.3 Å². The Morgan fingerprint density at radius 2 is 1.64 bits per heavy atom. The first-order valence-electron chi connectivity index (χ1n) is 10.4. The number of carboxylic acids is 1. The molecule has 4 nitrogen and oxygen atoms in total. The topological polar surface area (TPSA) is 77.8 Å². The number of aliphatic carboxylic acids is 1. The van der Waals surface area contributed by atoms with Gasteiger partial charge in [-0.3, -0.25) is 0 Å². The Balaban J connectivity index is 1.59. The highest BCUT2D eigenvalue weighted by molar-refractivity contribution is 5.72. The first kappa shape index (κ1) is 17.8. The van der Waals surface area contributed by atoms with Crippen LogP contribution in [0.1, 0.15) is 71.6 Å². The minimum absolute atomic E-state index is 0.0175. The number of rotatable bonds is 2. The number of aliphatic hydroxyl groups excluding tert-OH is 2. The van der Waals surface area contributed by atoms with Crippen LogP contribution in [-0.4, -0.2) is 33.5 Å². The molecule has 0 radical (unpaired) electrons. The quantitative estimate of drug-likeness (QED) is 0.713. The molecule has 0 aromatic carbocycles. The molecule has 4 aliphatic rings. The van der Waals surface area contributed by atoms with E-state index in [9.17, 15) is 20.1 Å². The molecule has 142 valence electrons. The first-order chi connectivity index (χ1) is 11.8. The van der Waals surface area contributed by atoms with Gasteiger partial charge in [0.2, 0.25) is 0 Å². The van der Waals surface area contributed by atoms with Crippen LogP contribution < -0.4 is 0 Å². The second-order valence-corrected chi connectivity index (χ2v) is 10.1. The van der Waals surface area contributed by atoms with E-state index in [-0.39, 0.29) is 17.4 Å². The van der Waals surface area contributed by atoms with Crippen LogP contribution in [0, 0.1) is 40.4 Å². The van der Waals surface area contributed by atoms with E-state index in [1.807, 2.05) is 0 Å². The zero-order chi connectivity index (χ0) is 18.0. The summed E-state index contributed by atoms with van der Waals surface area (Å²) in [6.45, 7) is 4.73. The summed E-state index contributed by atoms with van der Waals surface area (Å²) in [5.74, 6) is 1.48. The van der Waals surface area contributed by atoms with Crippen molar-refractivity contribution in [2.75, 3.05) is 0 Å². The van der Waals surface area contributed by atoms with Crippen molar-refractivity contribution in [2.45, 2.75) is 83.8 Å². The molecule has 0 aromatic rings. The van der Waals surface area contributed by atoms with E-state index in [2.05, 4.69) is 13.8 Å². The Morgan fingerprint density at radius 1 is 0.960 bits per heavy atom. The van der Waals surface area contributed by atoms with Gasteiger partial charge in [0.05, 0.1) is 6.10 Å². The molecule has 0 saturated heterocycles. The Morgan fingerprint density at radius 3 is 2.36 bits per heavy atom. The van der Waals surface area contributed by atoms with Crippen LogP contribution >= 0.6 is 0 Å². The van der Waals surface area contributed by atoms with Crippen molar-refractivity contribution in [3.05, 3.63) is 0 Å². The second-order valence-electron chi connectivity index (χ2n) is 10.1. The first-order valence-corrected chi connectivity index (χ1v) is 10.4. The van der Waals surface area contributed by atoms with Crippen molar-refractivity contribution in [1.82, 2.24) is 0 Å². The van der Waals surface area contributed by atoms with Gasteiger partial charge in [0, 0.05) is 5.92 Å². The lowest BCUT2D eigenvalue weighted by Gasteiger charge is -2.61. The van der Waals surface area contributed by atoms with E-state index in [4.69, 9.17) is 0 Å². The van der Waals surface area contributed by atoms with E-state index in [0.717, 1.165) is 44.4 Å². The van der Waals surface area contributed by atoms with Gasteiger partial charge in [-0.1, -0.05) is 13.8 Å². The van der Waals surface area contributed by atoms with Gasteiger partial charge in [0.1, 0.15) is 0 Å². The molecule has 4 saturated carbocycles. The Kier molecular flexibility index (Phi) is 4.23. The lowest BCUT2D eigenvalue weighted by Crippen LogP contribution is -2.54. The third-order valence-electron chi connectivity index (χ3n) is 9.35. The molecule has 4 heteroatoms. The van der Waals surface area contributed by atoms with Crippen LogP contribution in [-0.2, 0) is 4.79 Å². The van der Waals surface area contributed by atoms with Crippen LogP contribution in [0.4, 0.5) is 0 Å². The van der Waals surface area contributed by atoms with E-state index >= 15 is 0 Å². The van der Waals surface area contributed by atoms with Crippen molar-refractivity contribution in [3.63, 3.8) is 0 Å². The lowest BCUT2D eigenvalue weighted by atomic mass is 9.44. The average molecular weight is 350 g/mol. The van der Waals surface area contributed by atoms with Crippen molar-refractivity contribution in [3.8, 4) is 0 Å². The minimum Gasteiger partial charge on any atom is -0.479 e. The maximum atomic E-state index is 11.4. The molecule has 0 aliphatic heterocycles. The summed E-state index contributed by atoms with van der Waals surface area (Å²) < 4.78 is 0. The van der Waals surface area contributed by atoms with E-state index < -0.39 is 12.1 Å². The van der Waals surface area contributed by atoms with E-state index in [1.165, 1.54) is 19.3 Å². The van der Waals surface area contributed by atoms with Gasteiger partial charge in [0.25, 0.3) is 0 Å². The molecular weight excluding hydrogens is 316 g/mol. The Hall–Kier alpha value is -0.610. The molecule has 0 bridgehead atoms. The summed E-state index contributed by atoms with van der Waals surface area (Å²) >= 11 is 0. The number of fused-ring (bicyclic) bond motifs is 5. The Bertz CT molecular complexity index is 548. The molecule has 0 heterocycles. The fourth-order valence-corrected chi connectivity index (χ4v) is 7.97. The fraction of sp³-hybridized carbons (Fsp3) is 0.952. The van der Waals surface area contributed by atoms with Crippen molar-refractivity contribution < 1.29 is 20.1 Å². The van der Waals surface area contributed by atoms with Crippen molar-refractivity contribution in [1.29, 1.82) is 0 Å². The molecule has 3 N–H and O–H groups in total. The normalized spacial score (nSPS) is 53.4. The monoisotopic (exact) mass is 350 g/mol. The zero-order valence-electron chi connectivity index (χ0n) is 15.7. The lowest BCUT2D eigenvalue weighted by molar-refractivity contribution is -0.158. The Labute approximate surface area is 151 Å². The minimum atomic E-state index is -1.21. The van der Waals surface area contributed by atoms with Gasteiger partial charge >= 0.3 is 5.97 Å². The number of carbonyl (C=O) groups is 1. The SMILES string of the molecule is C[C@]12CC[C@@H](O)C[C@H]1CC[C@@H]1[C@@H]2CC[C@]2(C)[C@@H]([C@@H](O)C(=O)O)CC[C@@H]12. The summed E-state index contributed by atoms with van der Waals surface area (Å²) in [6.07, 6.45) is 8.36. The molecule has 4 rings (SSSR count). The molecule has 4 aliphatic carbocycles. The third-order valence-corrected chi connectivity index (χ3v) is 9.35. The average Bonchev–Trinajstić information content (AvgIpc) is 2.92. The largest absolute Gasteiger partial charge is 0.479 e. The van der Waals surface area contributed by atoms with Crippen LogP contribution in [0.2, 0.25) is 0 Å². The summed E-state index contributed by atoms with van der Waals surface area (Å²) in [7, 11) is 0. The highest BCUT2D eigenvalue weighted by atomic mass is 16.4. The maximum absolute atomic E-state index is 11.4. The summed E-state index contributed by atoms with van der Waals surface area (Å²) in [5, 5.41) is 29.7. The van der Waals surface area contributed by atoms with Crippen LogP contribution in [0.15, 0.2) is 0 Å². The highest BCUT2D eigenvalue weighted by Gasteiger charge is 2.61. The predicted octanol–water partition coefficient (Wildman–Crippen LogP) is 3.45. The summed E-state index contributed by atoms with van der Waals surface area (Å²) in [5.41, 5.74) is 0.337. The number of aliphatic hydroxyl groups is 2. The second kappa shape index (κ2) is 5.95. The smallest absolute Gasteiger partial charge is 0.332 e. The van der Waals surface area contributed by atoms with Gasteiger partial charge in [-0.05, 0) is 92.3 Å². The van der Waals surface area contributed by atoms with Crippen LogP contribution in [0.25, 0.3) is 0 Å². The molecule has 0 spiro atoms. The predicted molar refractivity (Wildman–Crippen MR) is 94.9 cm³/mol. The van der Waals surface area contributed by atoms with Crippen molar-refractivity contribution in [2.24, 2.45) is 40.4 Å². The van der Waals surface area contributed by atoms with E-state index in [0.29, 0.717) is 23.2 Å². The maximum Gasteiger partial charge on any atom is 0.332 e. The van der Waals surface area contributed by atoms with Gasteiger partial charge in [-0.15, -0.1) is 0 Å². The molecule has 0 aromatic heterocycles. The van der Waals surface area contributed by atoms with E-state index in [1.54, 1.807) is 0 Å². The third kappa shape index (κ3) is 2.50. The molecule has 25 heavy (non-hydrogen) atoms. The molecule has 0 amide bonds. The molecular formula is C21H34O4. The van der Waals surface area contributed by atoms with Crippen LogP contribution in [0.3, 0.4) is 0 Å². The fourth-order valence-electron chi connectivity index (χ4n) is 7.97. The highest BCUT2D eigenvalue weighted by Crippen LogP contribution is 2.67. The van der Waals surface area contributed by atoms with Gasteiger partial charge in [0.15, 0.2) is 6.10 Å². The number of hydrogen-bond acceptors (Lipinski definition) is 3. The number of hydrogen-bond donors (Lipinski definition) is 3. The number of carboxylic acid groups (broad SMARTS) is 1. The molecule has 0 unspecified atom stereocenters. The standard InChI is InChI=1S/C21H34O4/c1-20-9-7-13(22)11-12(20)3-4-14-15-5-6-17(18(23)19(24)25)21(15,2)10-8-16(14)20/h12-18,22-23H,3-11H2,1-2H3,(H,24,25)/t12-,13-,14+,15+,16+,17-,18-,20+,21+/m1/s1. The van der Waals surface area contributed by atoms with Crippen molar-refractivity contribution >= 4 is 5.97 Å². The summed E-state index contributed by atoms with van der Waals surface area (Å²) in [6, 6.07) is 0. The summed E-state index contributed by atoms with van der Waals surface area (Å²) in [4.78, 5) is 11.4.